The van der Waals surface area contributed by atoms with Gasteiger partial charge in [0.2, 0.25) is 0 Å². The molecule has 88 valence electrons. The average molecular weight is 248 g/mol. The highest BCUT2D eigenvalue weighted by molar-refractivity contribution is 7.99. The molecule has 1 aromatic carbocycles. The van der Waals surface area contributed by atoms with Crippen molar-refractivity contribution < 1.29 is 9.59 Å². The molecule has 2 rings (SSSR count). The predicted molar refractivity (Wildman–Crippen MR) is 67.5 cm³/mol. The standard InChI is InChI=1S/C12H12N2O2S/c1-2-17-9-5-3-8(4-6-9)7-10-11(15)14-12(16)13-10/h3-7H,2H2,1H3,(H2,13,14,15,16)/b10-7+. The highest BCUT2D eigenvalue weighted by Crippen LogP contribution is 2.18. The van der Waals surface area contributed by atoms with Gasteiger partial charge in [0.05, 0.1) is 0 Å². The summed E-state index contributed by atoms with van der Waals surface area (Å²) >= 11 is 1.76. The molecule has 0 saturated carbocycles. The lowest BCUT2D eigenvalue weighted by molar-refractivity contribution is -0.115. The van der Waals surface area contributed by atoms with Gasteiger partial charge < -0.3 is 5.32 Å². The van der Waals surface area contributed by atoms with Crippen LogP contribution in [0.5, 0.6) is 0 Å². The zero-order valence-electron chi connectivity index (χ0n) is 9.32. The molecule has 3 amide bonds. The van der Waals surface area contributed by atoms with Gasteiger partial charge in [-0.1, -0.05) is 19.1 Å². The molecule has 1 fully saturated rings. The molecule has 0 aromatic heterocycles. The molecule has 0 unspecified atom stereocenters. The SMILES string of the molecule is CCSc1ccc(/C=C2/NC(=O)NC2=O)cc1. The quantitative estimate of drug-likeness (QED) is 0.488. The van der Waals surface area contributed by atoms with Gasteiger partial charge in [-0.2, -0.15) is 0 Å². The van der Waals surface area contributed by atoms with E-state index in [-0.39, 0.29) is 11.6 Å². The molecule has 1 saturated heterocycles. The first kappa shape index (κ1) is 11.7. The van der Waals surface area contributed by atoms with Crippen molar-refractivity contribution in [1.29, 1.82) is 0 Å². The number of carbonyl (C=O) groups is 2. The van der Waals surface area contributed by atoms with Crippen LogP contribution in [0.3, 0.4) is 0 Å². The number of urea groups is 1. The van der Waals surface area contributed by atoms with Crippen LogP contribution in [0.1, 0.15) is 12.5 Å². The van der Waals surface area contributed by atoms with Crippen molar-refractivity contribution in [3.05, 3.63) is 35.5 Å². The summed E-state index contributed by atoms with van der Waals surface area (Å²) in [6, 6.07) is 7.36. The summed E-state index contributed by atoms with van der Waals surface area (Å²) in [4.78, 5) is 23.4. The van der Waals surface area contributed by atoms with Gasteiger partial charge >= 0.3 is 6.03 Å². The minimum absolute atomic E-state index is 0.283. The van der Waals surface area contributed by atoms with Gasteiger partial charge in [-0.3, -0.25) is 10.1 Å². The van der Waals surface area contributed by atoms with Crippen LogP contribution in [0.15, 0.2) is 34.9 Å². The van der Waals surface area contributed by atoms with Crippen LogP contribution in [0.4, 0.5) is 4.79 Å². The van der Waals surface area contributed by atoms with Crippen LogP contribution >= 0.6 is 11.8 Å². The van der Waals surface area contributed by atoms with Crippen molar-refractivity contribution in [2.45, 2.75) is 11.8 Å². The first-order valence-electron chi connectivity index (χ1n) is 5.26. The van der Waals surface area contributed by atoms with Crippen LogP contribution < -0.4 is 10.6 Å². The molecule has 4 nitrogen and oxygen atoms in total. The van der Waals surface area contributed by atoms with Crippen LogP contribution in [0.25, 0.3) is 6.08 Å². The maximum Gasteiger partial charge on any atom is 0.326 e. The number of rotatable bonds is 3. The molecule has 5 heteroatoms. The fourth-order valence-corrected chi connectivity index (χ4v) is 2.14. The summed E-state index contributed by atoms with van der Waals surface area (Å²) in [5, 5.41) is 4.61. The largest absolute Gasteiger partial charge is 0.326 e. The summed E-state index contributed by atoms with van der Waals surface area (Å²) < 4.78 is 0. The Hall–Kier alpha value is -1.75. The molecule has 17 heavy (non-hydrogen) atoms. The third-order valence-electron chi connectivity index (χ3n) is 2.22. The summed E-state index contributed by atoms with van der Waals surface area (Å²) in [6.07, 6.45) is 1.65. The maximum absolute atomic E-state index is 11.3. The molecule has 1 aliphatic rings. The Kier molecular flexibility index (Phi) is 3.49. The van der Waals surface area contributed by atoms with Gasteiger partial charge in [-0.15, -0.1) is 11.8 Å². The fraction of sp³-hybridized carbons (Fsp3) is 0.167. The minimum atomic E-state index is -0.473. The molecule has 2 N–H and O–H groups in total. The van der Waals surface area contributed by atoms with Crippen molar-refractivity contribution in [3.63, 3.8) is 0 Å². The number of hydrogen-bond acceptors (Lipinski definition) is 3. The lowest BCUT2D eigenvalue weighted by Gasteiger charge is -1.99. The van der Waals surface area contributed by atoms with E-state index < -0.39 is 6.03 Å². The van der Waals surface area contributed by atoms with Crippen LogP contribution in [-0.4, -0.2) is 17.7 Å². The molecule has 1 aliphatic heterocycles. The molecule has 1 heterocycles. The van der Waals surface area contributed by atoms with E-state index >= 15 is 0 Å². The number of hydrogen-bond donors (Lipinski definition) is 2. The summed E-state index contributed by atoms with van der Waals surface area (Å²) in [7, 11) is 0. The van der Waals surface area contributed by atoms with Crippen molar-refractivity contribution in [2.24, 2.45) is 0 Å². The lowest BCUT2D eigenvalue weighted by atomic mass is 10.2. The van der Waals surface area contributed by atoms with Gasteiger partial charge in [0, 0.05) is 4.90 Å². The van der Waals surface area contributed by atoms with Gasteiger partial charge in [0.1, 0.15) is 5.70 Å². The van der Waals surface area contributed by atoms with Gasteiger partial charge in [-0.05, 0) is 29.5 Å². The Morgan fingerprint density at radius 3 is 2.41 bits per heavy atom. The van der Waals surface area contributed by atoms with Crippen molar-refractivity contribution in [1.82, 2.24) is 10.6 Å². The second-order valence-electron chi connectivity index (χ2n) is 3.47. The van der Waals surface area contributed by atoms with E-state index in [1.54, 1.807) is 17.8 Å². The first-order valence-corrected chi connectivity index (χ1v) is 6.24. The van der Waals surface area contributed by atoms with Crippen LogP contribution in [0, 0.1) is 0 Å². The Morgan fingerprint density at radius 1 is 1.18 bits per heavy atom. The second kappa shape index (κ2) is 5.05. The number of benzene rings is 1. The second-order valence-corrected chi connectivity index (χ2v) is 4.81. The first-order chi connectivity index (χ1) is 8.19. The molecule has 0 bridgehead atoms. The van der Waals surface area contributed by atoms with Gasteiger partial charge in [-0.25, -0.2) is 4.79 Å². The molecular formula is C12H12N2O2S. The van der Waals surface area contributed by atoms with E-state index in [1.807, 2.05) is 24.3 Å². The number of thioether (sulfide) groups is 1. The number of imide groups is 1. The molecule has 0 aliphatic carbocycles. The zero-order chi connectivity index (χ0) is 12.3. The third-order valence-corrected chi connectivity index (χ3v) is 3.12. The van der Waals surface area contributed by atoms with Gasteiger partial charge in [0.15, 0.2) is 0 Å². The number of carbonyl (C=O) groups excluding carboxylic acids is 2. The van der Waals surface area contributed by atoms with E-state index in [9.17, 15) is 9.59 Å². The van der Waals surface area contributed by atoms with E-state index in [0.29, 0.717) is 0 Å². The summed E-state index contributed by atoms with van der Waals surface area (Å²) in [5.74, 6) is 0.640. The number of amides is 3. The highest BCUT2D eigenvalue weighted by Gasteiger charge is 2.22. The summed E-state index contributed by atoms with van der Waals surface area (Å²) in [5.41, 5.74) is 1.17. The lowest BCUT2D eigenvalue weighted by Crippen LogP contribution is -2.22. The Morgan fingerprint density at radius 2 is 1.88 bits per heavy atom. The Labute approximate surface area is 103 Å². The van der Waals surface area contributed by atoms with E-state index in [2.05, 4.69) is 17.6 Å². The molecule has 0 spiro atoms. The van der Waals surface area contributed by atoms with E-state index in [0.717, 1.165) is 11.3 Å². The topological polar surface area (TPSA) is 58.2 Å². The van der Waals surface area contributed by atoms with Crippen molar-refractivity contribution in [3.8, 4) is 0 Å². The Bertz CT molecular complexity index is 480. The fourth-order valence-electron chi connectivity index (χ4n) is 1.48. The smallest absolute Gasteiger partial charge is 0.303 e. The zero-order valence-corrected chi connectivity index (χ0v) is 10.1. The molecule has 0 atom stereocenters. The molecular weight excluding hydrogens is 236 g/mol. The number of nitrogens with one attached hydrogen (secondary N) is 2. The average Bonchev–Trinajstić information content (AvgIpc) is 2.61. The van der Waals surface area contributed by atoms with Crippen molar-refractivity contribution in [2.75, 3.05) is 5.75 Å². The monoisotopic (exact) mass is 248 g/mol. The molecule has 1 aromatic rings. The minimum Gasteiger partial charge on any atom is -0.303 e. The van der Waals surface area contributed by atoms with Crippen LogP contribution in [-0.2, 0) is 4.79 Å². The highest BCUT2D eigenvalue weighted by atomic mass is 32.2. The Balaban J connectivity index is 2.16. The van der Waals surface area contributed by atoms with E-state index in [4.69, 9.17) is 0 Å². The van der Waals surface area contributed by atoms with E-state index in [1.165, 1.54) is 4.90 Å². The maximum atomic E-state index is 11.3. The van der Waals surface area contributed by atoms with Crippen molar-refractivity contribution >= 4 is 29.8 Å². The summed E-state index contributed by atoms with van der Waals surface area (Å²) in [6.45, 7) is 2.10. The van der Waals surface area contributed by atoms with Crippen LogP contribution in [0.2, 0.25) is 0 Å². The predicted octanol–water partition coefficient (Wildman–Crippen LogP) is 1.98. The van der Waals surface area contributed by atoms with Gasteiger partial charge in [0.25, 0.3) is 5.91 Å². The molecule has 0 radical (unpaired) electrons. The third kappa shape index (κ3) is 2.88. The normalized spacial score (nSPS) is 17.1.